The van der Waals surface area contributed by atoms with Crippen molar-refractivity contribution in [2.24, 2.45) is 10.8 Å². The molecule has 11 rings (SSSR count). The Labute approximate surface area is 266 Å². The van der Waals surface area contributed by atoms with Crippen LogP contribution in [0, 0.1) is 10.8 Å². The smallest absolute Gasteiger partial charge is 0.233 e. The number of hydrogen-bond donors (Lipinski definition) is 0. The molecule has 7 aliphatic rings. The Balaban J connectivity index is 1.01. The molecule has 10 heteroatoms. The van der Waals surface area contributed by atoms with Crippen LogP contribution in [0.5, 0.6) is 0 Å². The van der Waals surface area contributed by atoms with E-state index < -0.39 is 11.1 Å². The van der Waals surface area contributed by atoms with Gasteiger partial charge in [-0.05, 0) is 88.2 Å². The normalized spacial score (nSPS) is 31.9. The lowest BCUT2D eigenvalue weighted by molar-refractivity contribution is -0.211. The topological polar surface area (TPSA) is 97.9 Å². The summed E-state index contributed by atoms with van der Waals surface area (Å²) >= 11 is 1.73. The van der Waals surface area contributed by atoms with E-state index in [4.69, 9.17) is 14.5 Å². The average molecular weight is 627 g/mol. The summed E-state index contributed by atoms with van der Waals surface area (Å²) in [5, 5.41) is 5.64. The van der Waals surface area contributed by atoms with Gasteiger partial charge < -0.3 is 9.42 Å². The van der Waals surface area contributed by atoms with Crippen LogP contribution in [0.25, 0.3) is 21.5 Å². The summed E-state index contributed by atoms with van der Waals surface area (Å²) < 4.78 is 21.5. The van der Waals surface area contributed by atoms with Crippen LogP contribution in [0.1, 0.15) is 114 Å². The minimum Gasteiger partial charge on any atom is -0.339 e. The number of hydrogen-bond acceptors (Lipinski definition) is 8. The van der Waals surface area contributed by atoms with Crippen molar-refractivity contribution in [1.29, 1.82) is 0 Å². The number of nitrogens with zero attached hydrogens (tertiary/aromatic N) is 6. The molecule has 4 bridgehead atoms. The van der Waals surface area contributed by atoms with Crippen molar-refractivity contribution >= 4 is 33.3 Å². The van der Waals surface area contributed by atoms with E-state index in [0.717, 1.165) is 71.5 Å². The van der Waals surface area contributed by atoms with Crippen molar-refractivity contribution in [2.75, 3.05) is 11.4 Å². The molecule has 0 aromatic carbocycles. The molecule has 0 atom stereocenters. The molecule has 4 aromatic heterocycles. The molecule has 0 N–H and O–H groups in total. The number of pyridine rings is 2. The third kappa shape index (κ3) is 4.41. The van der Waals surface area contributed by atoms with E-state index in [0.29, 0.717) is 37.6 Å². The number of anilines is 1. The highest BCUT2D eigenvalue weighted by molar-refractivity contribution is 7.18. The molecule has 0 saturated heterocycles. The fourth-order valence-corrected chi connectivity index (χ4v) is 9.74. The second-order valence-corrected chi connectivity index (χ2v) is 17.2. The van der Waals surface area contributed by atoms with Crippen molar-refractivity contribution in [3.63, 3.8) is 0 Å². The van der Waals surface area contributed by atoms with Crippen molar-refractivity contribution in [1.82, 2.24) is 25.1 Å². The van der Waals surface area contributed by atoms with Crippen LogP contribution in [-0.4, -0.2) is 43.2 Å². The quantitative estimate of drug-likeness (QED) is 0.206. The molecule has 7 saturated carbocycles. The maximum absolute atomic E-state index is 14.7. The van der Waals surface area contributed by atoms with Crippen LogP contribution in [-0.2, 0) is 15.6 Å². The van der Waals surface area contributed by atoms with Crippen LogP contribution >= 0.6 is 11.3 Å². The number of halogens is 1. The van der Waals surface area contributed by atoms with Gasteiger partial charge >= 0.3 is 0 Å². The van der Waals surface area contributed by atoms with Gasteiger partial charge in [-0.1, -0.05) is 25.9 Å². The summed E-state index contributed by atoms with van der Waals surface area (Å²) in [4.78, 5) is 35.2. The second-order valence-electron chi connectivity index (χ2n) is 16.1. The molecule has 0 unspecified atom stereocenters. The third-order valence-electron chi connectivity index (χ3n) is 11.7. The lowest BCUT2D eigenvalue weighted by atomic mass is 9.41. The van der Waals surface area contributed by atoms with Crippen molar-refractivity contribution in [2.45, 2.75) is 114 Å². The standard InChI is InChI=1S/C35H39FN6O2S/c1-31(2,3)29-40-28(41-44-29)33-9-6-32(7-10-33,8-11-33)20-42(30(43)34-17-35(36,18-34)19-34)24-12-22(14-37-16-24)23-13-25-26(38-15-23)39-27(45-25)21-4-5-21/h12-16,21H,4-11,17-20H2,1-3H3. The van der Waals surface area contributed by atoms with E-state index in [2.05, 4.69) is 48.0 Å². The van der Waals surface area contributed by atoms with Gasteiger partial charge in [0.2, 0.25) is 11.8 Å². The monoisotopic (exact) mass is 626 g/mol. The number of amides is 1. The first-order valence-electron chi connectivity index (χ1n) is 16.5. The van der Waals surface area contributed by atoms with E-state index >= 15 is 0 Å². The van der Waals surface area contributed by atoms with E-state index in [1.807, 2.05) is 23.5 Å². The summed E-state index contributed by atoms with van der Waals surface area (Å²) in [6, 6.07) is 4.23. The Hall–Kier alpha value is -3.27. The minimum atomic E-state index is -1.14. The van der Waals surface area contributed by atoms with E-state index in [9.17, 15) is 9.18 Å². The fraction of sp³-hybridized carbons (Fsp3) is 0.600. The molecule has 0 aliphatic heterocycles. The molecule has 0 radical (unpaired) electrons. The van der Waals surface area contributed by atoms with E-state index in [1.54, 1.807) is 11.3 Å². The first-order valence-corrected chi connectivity index (χ1v) is 17.4. The maximum Gasteiger partial charge on any atom is 0.233 e. The molecule has 7 fully saturated rings. The van der Waals surface area contributed by atoms with Gasteiger partial charge in [0.25, 0.3) is 0 Å². The first-order chi connectivity index (χ1) is 21.5. The Morgan fingerprint density at radius 2 is 1.71 bits per heavy atom. The molecular formula is C35H39FN6O2S. The van der Waals surface area contributed by atoms with Crippen LogP contribution < -0.4 is 4.90 Å². The molecule has 8 nitrogen and oxygen atoms in total. The summed E-state index contributed by atoms with van der Waals surface area (Å²) in [6.45, 7) is 6.92. The van der Waals surface area contributed by atoms with E-state index in [1.165, 1.54) is 17.8 Å². The molecule has 1 amide bonds. The van der Waals surface area contributed by atoms with Gasteiger partial charge in [-0.3, -0.25) is 9.78 Å². The Morgan fingerprint density at radius 3 is 2.36 bits per heavy atom. The summed E-state index contributed by atoms with van der Waals surface area (Å²) in [7, 11) is 0. The molecule has 4 aromatic rings. The molecule has 7 aliphatic carbocycles. The first kappa shape index (κ1) is 28.0. The SMILES string of the molecule is CC(C)(C)c1nc(C23CCC(CN(C(=O)C45CC(F)(C4)C5)c4cncc(-c5cnc6nc(C7CC7)sc6c5)c4)(CC2)CC3)no1. The molecule has 0 spiro atoms. The lowest BCUT2D eigenvalue weighted by Crippen LogP contribution is -2.71. The molecule has 234 valence electrons. The van der Waals surface area contributed by atoms with Crippen molar-refractivity contribution in [3.8, 4) is 11.1 Å². The van der Waals surface area contributed by atoms with Gasteiger partial charge in [0.15, 0.2) is 11.5 Å². The average Bonchev–Trinajstić information content (AvgIpc) is 3.55. The number of carbonyl (C=O) groups is 1. The predicted octanol–water partition coefficient (Wildman–Crippen LogP) is 7.83. The fourth-order valence-electron chi connectivity index (χ4n) is 8.60. The van der Waals surface area contributed by atoms with Gasteiger partial charge in [0.1, 0.15) is 5.67 Å². The zero-order valence-corrected chi connectivity index (χ0v) is 27.1. The number of aromatic nitrogens is 5. The highest BCUT2D eigenvalue weighted by Gasteiger charge is 2.73. The van der Waals surface area contributed by atoms with Crippen LogP contribution in [0.15, 0.2) is 35.2 Å². The highest BCUT2D eigenvalue weighted by Crippen LogP contribution is 2.70. The van der Waals surface area contributed by atoms with Gasteiger partial charge in [-0.2, -0.15) is 4.98 Å². The van der Waals surface area contributed by atoms with Gasteiger partial charge in [0.05, 0.1) is 27.0 Å². The van der Waals surface area contributed by atoms with Crippen LogP contribution in [0.4, 0.5) is 10.1 Å². The largest absolute Gasteiger partial charge is 0.339 e. The van der Waals surface area contributed by atoms with Crippen molar-refractivity contribution in [3.05, 3.63) is 47.4 Å². The summed E-state index contributed by atoms with van der Waals surface area (Å²) in [5.74, 6) is 2.20. The Kier molecular flexibility index (Phi) is 5.70. The van der Waals surface area contributed by atoms with Gasteiger partial charge in [0, 0.05) is 46.8 Å². The Morgan fingerprint density at radius 1 is 1.00 bits per heavy atom. The summed E-state index contributed by atoms with van der Waals surface area (Å²) in [6.07, 6.45) is 14.9. The second kappa shape index (κ2) is 9.17. The lowest BCUT2D eigenvalue weighted by Gasteiger charge is -2.65. The third-order valence-corrected chi connectivity index (χ3v) is 12.8. The van der Waals surface area contributed by atoms with E-state index in [-0.39, 0.29) is 22.2 Å². The predicted molar refractivity (Wildman–Crippen MR) is 170 cm³/mol. The van der Waals surface area contributed by atoms with Crippen LogP contribution in [0.3, 0.4) is 0 Å². The molecule has 4 heterocycles. The zero-order chi connectivity index (χ0) is 30.8. The molecule has 45 heavy (non-hydrogen) atoms. The van der Waals surface area contributed by atoms with Crippen LogP contribution in [0.2, 0.25) is 0 Å². The number of carbonyl (C=O) groups excluding carboxylic acids is 1. The number of thiazole rings is 1. The number of alkyl halides is 1. The summed E-state index contributed by atoms with van der Waals surface area (Å²) in [5.41, 5.74) is 1.56. The highest BCUT2D eigenvalue weighted by atomic mass is 32.1. The number of fused-ring (bicyclic) bond motifs is 4. The minimum absolute atomic E-state index is 0.00323. The van der Waals surface area contributed by atoms with Gasteiger partial charge in [-0.15, -0.1) is 11.3 Å². The van der Waals surface area contributed by atoms with Crippen molar-refractivity contribution < 1.29 is 13.7 Å². The zero-order valence-electron chi connectivity index (χ0n) is 26.2. The number of rotatable bonds is 7. The Bertz CT molecular complexity index is 1810. The van der Waals surface area contributed by atoms with Gasteiger partial charge in [-0.25, -0.2) is 14.4 Å². The maximum atomic E-state index is 14.7. The molecular weight excluding hydrogens is 587 g/mol.